The van der Waals surface area contributed by atoms with E-state index in [1.54, 1.807) is 36.3 Å². The molecule has 0 saturated carbocycles. The van der Waals surface area contributed by atoms with Gasteiger partial charge in [0.25, 0.3) is 0 Å². The number of pyridine rings is 1. The largest absolute Gasteiger partial charge is 0.383 e. The molecule has 0 aliphatic rings. The van der Waals surface area contributed by atoms with Crippen molar-refractivity contribution >= 4 is 37.6 Å². The molecule has 0 aliphatic heterocycles. The van der Waals surface area contributed by atoms with Crippen LogP contribution in [0.1, 0.15) is 16.2 Å². The van der Waals surface area contributed by atoms with Crippen molar-refractivity contribution in [2.75, 3.05) is 13.7 Å². The highest BCUT2D eigenvalue weighted by Gasteiger charge is 2.19. The van der Waals surface area contributed by atoms with E-state index in [-0.39, 0.29) is 5.78 Å². The summed E-state index contributed by atoms with van der Waals surface area (Å²) in [5.74, 6) is -0.173. The fraction of sp³-hybridized carbons (Fsp3) is 0.250. The van der Waals surface area contributed by atoms with E-state index in [4.69, 9.17) is 4.74 Å². The van der Waals surface area contributed by atoms with Gasteiger partial charge in [0.1, 0.15) is 11.4 Å². The maximum atomic E-state index is 12.4. The minimum atomic E-state index is -0.173. The Bertz CT molecular complexity index is 581. The first kappa shape index (κ1) is 14.4. The third kappa shape index (κ3) is 3.29. The lowest BCUT2D eigenvalue weighted by Crippen LogP contribution is -2.15. The van der Waals surface area contributed by atoms with Gasteiger partial charge in [-0.25, -0.2) is 0 Å². The number of aromatic nitrogens is 3. The van der Waals surface area contributed by atoms with Crippen LogP contribution < -0.4 is 0 Å². The Morgan fingerprint density at radius 3 is 2.79 bits per heavy atom. The summed E-state index contributed by atoms with van der Waals surface area (Å²) in [6.07, 6.45) is 3.19. The summed E-state index contributed by atoms with van der Waals surface area (Å²) in [4.78, 5) is 16.5. The summed E-state index contributed by atoms with van der Waals surface area (Å²) in [6, 6.07) is 3.45. The zero-order valence-corrected chi connectivity index (χ0v) is 13.3. The molecule has 0 N–H and O–H groups in total. The first-order valence-corrected chi connectivity index (χ1v) is 7.08. The second-order valence-electron chi connectivity index (χ2n) is 3.75. The lowest BCUT2D eigenvalue weighted by molar-refractivity contribution is 0.102. The molecule has 0 unspecified atom stereocenters. The Kier molecular flexibility index (Phi) is 4.84. The van der Waals surface area contributed by atoms with Crippen molar-refractivity contribution in [3.63, 3.8) is 0 Å². The van der Waals surface area contributed by atoms with Crippen molar-refractivity contribution in [2.45, 2.75) is 6.54 Å². The lowest BCUT2D eigenvalue weighted by atomic mass is 10.2. The van der Waals surface area contributed by atoms with Gasteiger partial charge in [0.05, 0.1) is 23.8 Å². The van der Waals surface area contributed by atoms with Crippen LogP contribution in [0, 0.1) is 0 Å². The van der Waals surface area contributed by atoms with Crippen molar-refractivity contribution in [1.29, 1.82) is 0 Å². The van der Waals surface area contributed by atoms with Gasteiger partial charge in [0.15, 0.2) is 0 Å². The Labute approximate surface area is 127 Å². The molecule has 2 rings (SSSR count). The van der Waals surface area contributed by atoms with E-state index in [1.165, 1.54) is 0 Å². The predicted molar refractivity (Wildman–Crippen MR) is 77.2 cm³/mol. The first-order chi connectivity index (χ1) is 9.13. The molecular formula is C12H11Br2N3O2. The van der Waals surface area contributed by atoms with Crippen LogP contribution in [0.15, 0.2) is 33.5 Å². The van der Waals surface area contributed by atoms with Crippen molar-refractivity contribution in [3.05, 3.63) is 44.9 Å². The van der Waals surface area contributed by atoms with Crippen LogP contribution >= 0.6 is 31.9 Å². The number of ether oxygens (including phenoxy) is 1. The van der Waals surface area contributed by atoms with Crippen molar-refractivity contribution in [2.24, 2.45) is 0 Å². The van der Waals surface area contributed by atoms with Gasteiger partial charge in [-0.15, -0.1) is 0 Å². The highest BCUT2D eigenvalue weighted by molar-refractivity contribution is 9.10. The molecule has 100 valence electrons. The molecule has 0 spiro atoms. The van der Waals surface area contributed by atoms with Crippen LogP contribution in [0.4, 0.5) is 0 Å². The van der Waals surface area contributed by atoms with Crippen LogP contribution in [-0.2, 0) is 11.3 Å². The molecule has 2 aromatic rings. The highest BCUT2D eigenvalue weighted by Crippen LogP contribution is 2.20. The molecule has 5 nitrogen and oxygen atoms in total. The molecule has 0 atom stereocenters. The molecule has 2 aromatic heterocycles. The minimum Gasteiger partial charge on any atom is -0.383 e. The summed E-state index contributed by atoms with van der Waals surface area (Å²) in [5, 5.41) is 4.15. The minimum absolute atomic E-state index is 0.173. The average Bonchev–Trinajstić information content (AvgIpc) is 2.77. The molecule has 0 bridgehead atoms. The molecule has 7 heteroatoms. The van der Waals surface area contributed by atoms with E-state index in [2.05, 4.69) is 41.9 Å². The van der Waals surface area contributed by atoms with Crippen LogP contribution in [0.5, 0.6) is 0 Å². The van der Waals surface area contributed by atoms with Crippen LogP contribution in [0.3, 0.4) is 0 Å². The smallest absolute Gasteiger partial charge is 0.230 e. The fourth-order valence-electron chi connectivity index (χ4n) is 1.57. The number of ketones is 1. The number of carbonyl (C=O) groups excluding carboxylic acids is 1. The van der Waals surface area contributed by atoms with E-state index >= 15 is 0 Å². The number of nitrogens with zero attached hydrogens (tertiary/aromatic N) is 3. The van der Waals surface area contributed by atoms with E-state index in [1.807, 2.05) is 0 Å². The summed E-state index contributed by atoms with van der Waals surface area (Å²) < 4.78 is 8.09. The summed E-state index contributed by atoms with van der Waals surface area (Å²) >= 11 is 6.63. The number of rotatable bonds is 5. The standard InChI is InChI=1S/C12H11Br2N3O2/c1-19-5-4-17-11(9(14)7-16-17)12(18)10-3-2-8(13)6-15-10/h2-3,6-7H,4-5H2,1H3. The topological polar surface area (TPSA) is 57.0 Å². The molecule has 19 heavy (non-hydrogen) atoms. The summed E-state index contributed by atoms with van der Waals surface area (Å²) in [6.45, 7) is 1.00. The Hall–Kier alpha value is -1.05. The quantitative estimate of drug-likeness (QED) is 0.739. The number of hydrogen-bond donors (Lipinski definition) is 0. The van der Waals surface area contributed by atoms with Gasteiger partial charge in [-0.3, -0.25) is 14.5 Å². The monoisotopic (exact) mass is 387 g/mol. The van der Waals surface area contributed by atoms with Gasteiger partial charge >= 0.3 is 0 Å². The van der Waals surface area contributed by atoms with Crippen LogP contribution in [0.25, 0.3) is 0 Å². The zero-order chi connectivity index (χ0) is 13.8. The first-order valence-electron chi connectivity index (χ1n) is 5.50. The zero-order valence-electron chi connectivity index (χ0n) is 10.1. The van der Waals surface area contributed by atoms with Gasteiger partial charge < -0.3 is 4.74 Å². The average molecular weight is 389 g/mol. The SMILES string of the molecule is COCCn1ncc(Br)c1C(=O)c1ccc(Br)cn1. The van der Waals surface area contributed by atoms with Crippen molar-refractivity contribution in [1.82, 2.24) is 14.8 Å². The third-order valence-electron chi connectivity index (χ3n) is 2.48. The number of methoxy groups -OCH3 is 1. The molecule has 0 saturated heterocycles. The number of hydrogen-bond acceptors (Lipinski definition) is 4. The van der Waals surface area contributed by atoms with Gasteiger partial charge in [0.2, 0.25) is 5.78 Å². The number of carbonyl (C=O) groups is 1. The predicted octanol–water partition coefficient (Wildman–Crippen LogP) is 2.68. The van der Waals surface area contributed by atoms with Crippen molar-refractivity contribution < 1.29 is 9.53 Å². The lowest BCUT2D eigenvalue weighted by Gasteiger charge is -2.06. The Morgan fingerprint density at radius 2 is 2.16 bits per heavy atom. The van der Waals surface area contributed by atoms with Gasteiger partial charge in [-0.05, 0) is 44.0 Å². The molecule has 0 fully saturated rings. The summed E-state index contributed by atoms with van der Waals surface area (Å²) in [5.41, 5.74) is 0.856. The molecule has 0 aromatic carbocycles. The molecule has 0 amide bonds. The number of halogens is 2. The Morgan fingerprint density at radius 1 is 1.37 bits per heavy atom. The van der Waals surface area contributed by atoms with E-state index in [9.17, 15) is 4.79 Å². The molecule has 0 radical (unpaired) electrons. The van der Waals surface area contributed by atoms with E-state index < -0.39 is 0 Å². The molecule has 2 heterocycles. The van der Waals surface area contributed by atoms with Crippen molar-refractivity contribution in [3.8, 4) is 0 Å². The summed E-state index contributed by atoms with van der Waals surface area (Å²) in [7, 11) is 1.61. The van der Waals surface area contributed by atoms with Crippen LogP contribution in [0.2, 0.25) is 0 Å². The maximum Gasteiger partial charge on any atom is 0.230 e. The van der Waals surface area contributed by atoms with E-state index in [0.717, 1.165) is 4.47 Å². The maximum absolute atomic E-state index is 12.4. The normalized spacial score (nSPS) is 10.7. The second-order valence-corrected chi connectivity index (χ2v) is 5.52. The van der Waals surface area contributed by atoms with E-state index in [0.29, 0.717) is 29.0 Å². The fourth-order valence-corrected chi connectivity index (χ4v) is 2.28. The Balaban J connectivity index is 2.32. The van der Waals surface area contributed by atoms with Crippen LogP contribution in [-0.4, -0.2) is 34.3 Å². The van der Waals surface area contributed by atoms with Gasteiger partial charge in [-0.1, -0.05) is 0 Å². The molecular weight excluding hydrogens is 378 g/mol. The third-order valence-corrected chi connectivity index (χ3v) is 3.53. The highest BCUT2D eigenvalue weighted by atomic mass is 79.9. The second kappa shape index (κ2) is 6.40. The molecule has 0 aliphatic carbocycles. The van der Waals surface area contributed by atoms with Gasteiger partial charge in [-0.2, -0.15) is 5.10 Å². The van der Waals surface area contributed by atoms with Gasteiger partial charge in [0, 0.05) is 17.8 Å².